The smallest absolute Gasteiger partial charge is 0.197 e. The molecule has 23 heavy (non-hydrogen) atoms. The molecule has 2 nitrogen and oxygen atoms in total. The van der Waals surface area contributed by atoms with Crippen LogP contribution in [0.25, 0.3) is 28.5 Å². The largest absolute Gasteiger partial charge is 0.227 e. The van der Waals surface area contributed by atoms with Crippen molar-refractivity contribution in [2.24, 2.45) is 0 Å². The Morgan fingerprint density at radius 1 is 0.783 bits per heavy atom. The lowest BCUT2D eigenvalue weighted by Crippen LogP contribution is -2.03. The van der Waals surface area contributed by atoms with Gasteiger partial charge in [-0.15, -0.1) is 0 Å². The number of aromatic nitrogens is 2. The molecule has 3 heteroatoms. The average molecular weight is 363 g/mol. The Labute approximate surface area is 144 Å². The Hall–Kier alpha value is -2.26. The minimum Gasteiger partial charge on any atom is -0.227 e. The van der Waals surface area contributed by atoms with Gasteiger partial charge in [-0.05, 0) is 39.9 Å². The Bertz CT molecular complexity index is 868. The molecule has 0 atom stereocenters. The Morgan fingerprint density at radius 2 is 1.48 bits per heavy atom. The molecule has 1 aromatic heterocycles. The Kier molecular flexibility index (Phi) is 3.80. The van der Waals surface area contributed by atoms with Gasteiger partial charge in [-0.25, -0.2) is 9.97 Å². The van der Waals surface area contributed by atoms with Crippen LogP contribution in [0.15, 0.2) is 65.4 Å². The maximum atomic E-state index is 4.61. The molecular weight excluding hydrogens is 348 g/mol. The zero-order chi connectivity index (χ0) is 15.6. The zero-order valence-electron chi connectivity index (χ0n) is 12.5. The van der Waals surface area contributed by atoms with Crippen molar-refractivity contribution in [1.82, 2.24) is 9.97 Å². The number of nitrogens with zero attached hydrogens (tertiary/aromatic N) is 2. The van der Waals surface area contributed by atoms with Crippen molar-refractivity contribution in [3.8, 4) is 22.4 Å². The molecule has 1 aliphatic carbocycles. The third-order valence-corrected chi connectivity index (χ3v) is 4.45. The molecule has 112 valence electrons. The van der Waals surface area contributed by atoms with E-state index in [1.54, 1.807) is 0 Å². The van der Waals surface area contributed by atoms with E-state index < -0.39 is 0 Å². The van der Waals surface area contributed by atoms with Gasteiger partial charge < -0.3 is 0 Å². The second-order valence-corrected chi connectivity index (χ2v) is 6.30. The van der Waals surface area contributed by atoms with Gasteiger partial charge in [-0.1, -0.05) is 66.7 Å². The minimum absolute atomic E-state index is 0.661. The highest BCUT2D eigenvalue weighted by Crippen LogP contribution is 2.31. The third-order valence-electron chi connectivity index (χ3n) is 4.10. The van der Waals surface area contributed by atoms with Gasteiger partial charge in [0.05, 0.1) is 11.4 Å². The first-order valence-corrected chi connectivity index (χ1v) is 8.49. The molecule has 2 aromatic carbocycles. The molecule has 0 N–H and O–H groups in total. The summed E-state index contributed by atoms with van der Waals surface area (Å²) in [5.74, 6) is 0. The van der Waals surface area contributed by atoms with Crippen molar-refractivity contribution in [3.05, 3.63) is 76.7 Å². The maximum Gasteiger partial charge on any atom is 0.197 e. The molecule has 0 amide bonds. The molecular formula is C20H15BrN2. The molecule has 1 aliphatic rings. The van der Waals surface area contributed by atoms with Gasteiger partial charge in [-0.2, -0.15) is 0 Å². The van der Waals surface area contributed by atoms with Crippen LogP contribution in [-0.2, 0) is 6.42 Å². The third kappa shape index (κ3) is 2.84. The van der Waals surface area contributed by atoms with Gasteiger partial charge >= 0.3 is 0 Å². The summed E-state index contributed by atoms with van der Waals surface area (Å²) in [4.78, 5) is 9.13. The monoisotopic (exact) mass is 362 g/mol. The Balaban J connectivity index is 1.78. The van der Waals surface area contributed by atoms with Gasteiger partial charge in [0, 0.05) is 11.1 Å². The van der Waals surface area contributed by atoms with Crippen molar-refractivity contribution in [1.29, 1.82) is 0 Å². The zero-order valence-corrected chi connectivity index (χ0v) is 14.1. The van der Waals surface area contributed by atoms with Crippen LogP contribution in [0.1, 0.15) is 17.7 Å². The lowest BCUT2D eigenvalue weighted by Gasteiger charge is -2.14. The lowest BCUT2D eigenvalue weighted by molar-refractivity contribution is 0.897. The van der Waals surface area contributed by atoms with E-state index in [9.17, 15) is 0 Å². The van der Waals surface area contributed by atoms with E-state index in [1.807, 2.05) is 6.07 Å². The van der Waals surface area contributed by atoms with Gasteiger partial charge in [0.1, 0.15) is 0 Å². The standard InChI is InChI=1S/C20H15BrN2/c21-20-22-18-9-5-4-8-17(18)19(23-20)16-12-10-15(11-13-16)14-6-2-1-3-7-14/h1-4,6-8,10-13H,5,9H2. The maximum absolute atomic E-state index is 4.61. The van der Waals surface area contributed by atoms with E-state index in [4.69, 9.17) is 0 Å². The fourth-order valence-electron chi connectivity index (χ4n) is 2.94. The minimum atomic E-state index is 0.661. The number of rotatable bonds is 2. The predicted molar refractivity (Wildman–Crippen MR) is 98.0 cm³/mol. The first-order valence-electron chi connectivity index (χ1n) is 7.70. The predicted octanol–water partition coefficient (Wildman–Crippen LogP) is 5.53. The normalized spacial score (nSPS) is 12.9. The van der Waals surface area contributed by atoms with Crippen LogP contribution in [0.2, 0.25) is 0 Å². The quantitative estimate of drug-likeness (QED) is 0.559. The second-order valence-electron chi connectivity index (χ2n) is 5.59. The van der Waals surface area contributed by atoms with E-state index in [1.165, 1.54) is 11.1 Å². The topological polar surface area (TPSA) is 25.8 Å². The molecule has 0 radical (unpaired) electrons. The summed E-state index contributed by atoms with van der Waals surface area (Å²) in [6.45, 7) is 0. The highest BCUT2D eigenvalue weighted by Gasteiger charge is 2.15. The van der Waals surface area contributed by atoms with E-state index in [2.05, 4.69) is 86.6 Å². The molecule has 0 bridgehead atoms. The fraction of sp³-hybridized carbons (Fsp3) is 0.100. The van der Waals surface area contributed by atoms with Crippen LogP contribution in [0, 0.1) is 0 Å². The summed E-state index contributed by atoms with van der Waals surface area (Å²) in [6.07, 6.45) is 6.36. The van der Waals surface area contributed by atoms with Crippen LogP contribution in [0.4, 0.5) is 0 Å². The SMILES string of the molecule is Brc1nc2c(c(-c3ccc(-c4ccccc4)cc3)n1)C=CCC2. The van der Waals surface area contributed by atoms with Crippen molar-refractivity contribution >= 4 is 22.0 Å². The van der Waals surface area contributed by atoms with Crippen molar-refractivity contribution in [2.75, 3.05) is 0 Å². The number of aryl methyl sites for hydroxylation is 1. The molecule has 0 spiro atoms. The van der Waals surface area contributed by atoms with Gasteiger partial charge in [0.25, 0.3) is 0 Å². The summed E-state index contributed by atoms with van der Waals surface area (Å²) >= 11 is 3.44. The lowest BCUT2D eigenvalue weighted by atomic mass is 9.96. The first-order chi connectivity index (χ1) is 11.3. The summed E-state index contributed by atoms with van der Waals surface area (Å²) < 4.78 is 0.661. The highest BCUT2D eigenvalue weighted by molar-refractivity contribution is 9.10. The van der Waals surface area contributed by atoms with Crippen molar-refractivity contribution in [2.45, 2.75) is 12.8 Å². The van der Waals surface area contributed by atoms with Crippen LogP contribution in [0.3, 0.4) is 0 Å². The summed E-state index contributed by atoms with van der Waals surface area (Å²) in [5, 5.41) is 0. The molecule has 0 saturated heterocycles. The van der Waals surface area contributed by atoms with Gasteiger partial charge in [0.2, 0.25) is 0 Å². The van der Waals surface area contributed by atoms with E-state index in [0.717, 1.165) is 35.4 Å². The van der Waals surface area contributed by atoms with Crippen LogP contribution >= 0.6 is 15.9 Å². The number of hydrogen-bond acceptors (Lipinski definition) is 2. The Morgan fingerprint density at radius 3 is 2.26 bits per heavy atom. The highest BCUT2D eigenvalue weighted by atomic mass is 79.9. The van der Waals surface area contributed by atoms with Crippen LogP contribution in [0.5, 0.6) is 0 Å². The van der Waals surface area contributed by atoms with Gasteiger partial charge in [0.15, 0.2) is 4.73 Å². The van der Waals surface area contributed by atoms with Gasteiger partial charge in [-0.3, -0.25) is 0 Å². The summed E-state index contributed by atoms with van der Waals surface area (Å²) in [7, 11) is 0. The number of hydrogen-bond donors (Lipinski definition) is 0. The van der Waals surface area contributed by atoms with Crippen LogP contribution < -0.4 is 0 Å². The number of benzene rings is 2. The fourth-order valence-corrected chi connectivity index (χ4v) is 3.34. The van der Waals surface area contributed by atoms with E-state index in [-0.39, 0.29) is 0 Å². The van der Waals surface area contributed by atoms with Crippen LogP contribution in [-0.4, -0.2) is 9.97 Å². The molecule has 0 unspecified atom stereocenters. The van der Waals surface area contributed by atoms with Crippen molar-refractivity contribution < 1.29 is 0 Å². The number of allylic oxidation sites excluding steroid dienone is 1. The average Bonchev–Trinajstić information content (AvgIpc) is 2.62. The van der Waals surface area contributed by atoms with Crippen molar-refractivity contribution in [3.63, 3.8) is 0 Å². The molecule has 3 aromatic rings. The molecule has 0 aliphatic heterocycles. The molecule has 1 heterocycles. The molecule has 0 saturated carbocycles. The first kappa shape index (κ1) is 14.3. The van der Waals surface area contributed by atoms with E-state index in [0.29, 0.717) is 4.73 Å². The van der Waals surface area contributed by atoms with E-state index >= 15 is 0 Å². The molecule has 0 fully saturated rings. The number of fused-ring (bicyclic) bond motifs is 1. The second kappa shape index (κ2) is 6.09. The molecule has 4 rings (SSSR count). The summed E-state index contributed by atoms with van der Waals surface area (Å²) in [5.41, 5.74) is 6.83. The summed E-state index contributed by atoms with van der Waals surface area (Å²) in [6, 6.07) is 19.0. The number of halogens is 1.